The second kappa shape index (κ2) is 5.58. The Morgan fingerprint density at radius 2 is 1.76 bits per heavy atom. The van der Waals surface area contributed by atoms with Gasteiger partial charge in [-0.1, -0.05) is 35.3 Å². The van der Waals surface area contributed by atoms with Gasteiger partial charge in [0, 0.05) is 10.0 Å². The molecule has 0 saturated heterocycles. The molecule has 1 aliphatic carbocycles. The van der Waals surface area contributed by atoms with Gasteiger partial charge in [-0.25, -0.2) is 4.99 Å². The molecule has 0 aromatic heterocycles. The third-order valence-corrected chi connectivity index (χ3v) is 5.25. The first-order valence-electron chi connectivity index (χ1n) is 7.77. The fourth-order valence-electron chi connectivity index (χ4n) is 3.61. The SMILES string of the molecule is NC1=N[C@@]2(CCc3ccc(-c4cc(Cl)cc(Cl)c4)cc32)C(F)(F)CO1. The number of amidine groups is 1. The van der Waals surface area contributed by atoms with Crippen LogP contribution >= 0.6 is 23.2 Å². The van der Waals surface area contributed by atoms with Gasteiger partial charge in [-0.3, -0.25) is 0 Å². The van der Waals surface area contributed by atoms with Crippen molar-refractivity contribution < 1.29 is 13.5 Å². The highest BCUT2D eigenvalue weighted by atomic mass is 35.5. The lowest BCUT2D eigenvalue weighted by Gasteiger charge is -2.37. The average molecular weight is 383 g/mol. The average Bonchev–Trinajstić information content (AvgIpc) is 2.90. The van der Waals surface area contributed by atoms with Crippen molar-refractivity contribution in [1.29, 1.82) is 0 Å². The molecule has 2 aromatic carbocycles. The fourth-order valence-corrected chi connectivity index (χ4v) is 4.14. The molecule has 7 heteroatoms. The van der Waals surface area contributed by atoms with Gasteiger partial charge in [-0.2, -0.15) is 8.78 Å². The van der Waals surface area contributed by atoms with E-state index in [1.54, 1.807) is 24.3 Å². The molecular formula is C18H14Cl2F2N2O. The molecule has 0 bridgehead atoms. The largest absolute Gasteiger partial charge is 0.459 e. The molecule has 0 unspecified atom stereocenters. The second-order valence-corrected chi connectivity index (χ2v) is 7.21. The van der Waals surface area contributed by atoms with Crippen LogP contribution in [0.5, 0.6) is 0 Å². The van der Waals surface area contributed by atoms with E-state index in [-0.39, 0.29) is 12.4 Å². The zero-order valence-electron chi connectivity index (χ0n) is 13.0. The van der Waals surface area contributed by atoms with E-state index in [1.807, 2.05) is 12.1 Å². The summed E-state index contributed by atoms with van der Waals surface area (Å²) in [5.41, 5.74) is 6.77. The first-order valence-corrected chi connectivity index (χ1v) is 8.52. The predicted molar refractivity (Wildman–Crippen MR) is 94.4 cm³/mol. The highest BCUT2D eigenvalue weighted by Crippen LogP contribution is 2.52. The van der Waals surface area contributed by atoms with Crippen molar-refractivity contribution >= 4 is 29.2 Å². The van der Waals surface area contributed by atoms with E-state index in [2.05, 4.69) is 4.99 Å². The van der Waals surface area contributed by atoms with E-state index >= 15 is 0 Å². The van der Waals surface area contributed by atoms with Crippen LogP contribution in [0.15, 0.2) is 41.4 Å². The molecule has 2 N–H and O–H groups in total. The minimum absolute atomic E-state index is 0.194. The van der Waals surface area contributed by atoms with E-state index in [0.29, 0.717) is 22.0 Å². The lowest BCUT2D eigenvalue weighted by molar-refractivity contribution is -0.121. The summed E-state index contributed by atoms with van der Waals surface area (Å²) >= 11 is 12.1. The molecular weight excluding hydrogens is 369 g/mol. The number of aryl methyl sites for hydroxylation is 1. The van der Waals surface area contributed by atoms with Gasteiger partial charge in [-0.15, -0.1) is 0 Å². The lowest BCUT2D eigenvalue weighted by atomic mass is 9.84. The van der Waals surface area contributed by atoms with Crippen molar-refractivity contribution in [3.8, 4) is 11.1 Å². The normalized spacial score (nSPS) is 23.9. The van der Waals surface area contributed by atoms with Gasteiger partial charge in [-0.05, 0) is 59.4 Å². The van der Waals surface area contributed by atoms with Crippen LogP contribution in [0.3, 0.4) is 0 Å². The molecule has 1 spiro atoms. The molecule has 2 aliphatic rings. The van der Waals surface area contributed by atoms with Crippen molar-refractivity contribution in [2.75, 3.05) is 6.61 Å². The van der Waals surface area contributed by atoms with Gasteiger partial charge in [0.05, 0.1) is 0 Å². The maximum absolute atomic E-state index is 14.7. The summed E-state index contributed by atoms with van der Waals surface area (Å²) in [6.45, 7) is -0.769. The summed E-state index contributed by atoms with van der Waals surface area (Å²) in [7, 11) is 0. The Labute approximate surface area is 153 Å². The first-order chi connectivity index (χ1) is 11.8. The van der Waals surface area contributed by atoms with Crippen LogP contribution in [0.4, 0.5) is 8.78 Å². The lowest BCUT2D eigenvalue weighted by Crippen LogP contribution is -2.51. The van der Waals surface area contributed by atoms with E-state index in [4.69, 9.17) is 33.7 Å². The van der Waals surface area contributed by atoms with E-state index < -0.39 is 18.1 Å². The zero-order chi connectivity index (χ0) is 17.8. The number of nitrogens with zero attached hydrogens (tertiary/aromatic N) is 1. The number of benzene rings is 2. The Kier molecular flexibility index (Phi) is 3.71. The maximum atomic E-state index is 14.7. The van der Waals surface area contributed by atoms with Crippen molar-refractivity contribution in [3.63, 3.8) is 0 Å². The van der Waals surface area contributed by atoms with Crippen LogP contribution < -0.4 is 5.73 Å². The molecule has 130 valence electrons. The molecule has 0 fully saturated rings. The summed E-state index contributed by atoms with van der Waals surface area (Å²) in [5.74, 6) is -3.13. The van der Waals surface area contributed by atoms with Gasteiger partial charge in [0.25, 0.3) is 6.02 Å². The van der Waals surface area contributed by atoms with E-state index in [1.165, 1.54) is 0 Å². The van der Waals surface area contributed by atoms with Crippen LogP contribution in [-0.4, -0.2) is 18.6 Å². The van der Waals surface area contributed by atoms with Gasteiger partial charge in [0.15, 0.2) is 12.1 Å². The number of nitrogens with two attached hydrogens (primary N) is 1. The summed E-state index contributed by atoms with van der Waals surface area (Å²) in [6.07, 6.45) is 0.706. The Balaban J connectivity index is 1.89. The molecule has 0 radical (unpaired) electrons. The summed E-state index contributed by atoms with van der Waals surface area (Å²) in [5, 5.41) is 0.966. The Hall–Kier alpha value is -1.85. The monoisotopic (exact) mass is 382 g/mol. The number of hydrogen-bond donors (Lipinski definition) is 1. The minimum atomic E-state index is -3.13. The molecule has 25 heavy (non-hydrogen) atoms. The smallest absolute Gasteiger partial charge is 0.310 e. The maximum Gasteiger partial charge on any atom is 0.310 e. The molecule has 1 heterocycles. The van der Waals surface area contributed by atoms with Gasteiger partial charge >= 0.3 is 5.92 Å². The van der Waals surface area contributed by atoms with Crippen LogP contribution in [0.1, 0.15) is 17.5 Å². The third-order valence-electron chi connectivity index (χ3n) is 4.81. The number of rotatable bonds is 1. The number of halogens is 4. The fraction of sp³-hybridized carbons (Fsp3) is 0.278. The molecule has 3 nitrogen and oxygen atoms in total. The molecule has 1 atom stereocenters. The van der Waals surface area contributed by atoms with Crippen molar-refractivity contribution in [2.45, 2.75) is 24.3 Å². The number of fused-ring (bicyclic) bond motifs is 2. The number of aliphatic imine (C=N–C) groups is 1. The van der Waals surface area contributed by atoms with Gasteiger partial charge in [0.2, 0.25) is 0 Å². The molecule has 0 amide bonds. The van der Waals surface area contributed by atoms with Crippen molar-refractivity contribution in [3.05, 3.63) is 57.6 Å². The van der Waals surface area contributed by atoms with Crippen LogP contribution in [0, 0.1) is 0 Å². The topological polar surface area (TPSA) is 47.6 Å². The third kappa shape index (κ3) is 2.57. The Bertz CT molecular complexity index is 880. The van der Waals surface area contributed by atoms with Crippen molar-refractivity contribution in [2.24, 2.45) is 10.7 Å². The molecule has 1 aliphatic heterocycles. The van der Waals surface area contributed by atoms with Crippen LogP contribution in [0.25, 0.3) is 11.1 Å². The van der Waals surface area contributed by atoms with Crippen LogP contribution in [-0.2, 0) is 16.7 Å². The van der Waals surface area contributed by atoms with E-state index in [9.17, 15) is 8.78 Å². The predicted octanol–water partition coefficient (Wildman–Crippen LogP) is 4.78. The molecule has 0 saturated carbocycles. The highest BCUT2D eigenvalue weighted by molar-refractivity contribution is 6.35. The summed E-state index contributed by atoms with van der Waals surface area (Å²) in [4.78, 5) is 4.05. The minimum Gasteiger partial charge on any atom is -0.459 e. The van der Waals surface area contributed by atoms with Gasteiger partial charge < -0.3 is 10.5 Å². The highest BCUT2D eigenvalue weighted by Gasteiger charge is 2.60. The first kappa shape index (κ1) is 16.6. The quantitative estimate of drug-likeness (QED) is 0.770. The zero-order valence-corrected chi connectivity index (χ0v) is 14.5. The second-order valence-electron chi connectivity index (χ2n) is 6.33. The number of hydrogen-bond acceptors (Lipinski definition) is 3. The number of ether oxygens (including phenoxy) is 1. The Morgan fingerprint density at radius 3 is 2.48 bits per heavy atom. The summed E-state index contributed by atoms with van der Waals surface area (Å²) < 4.78 is 34.3. The molecule has 4 rings (SSSR count). The Morgan fingerprint density at radius 1 is 1.04 bits per heavy atom. The number of alkyl halides is 2. The van der Waals surface area contributed by atoms with Crippen LogP contribution in [0.2, 0.25) is 10.0 Å². The van der Waals surface area contributed by atoms with Crippen molar-refractivity contribution in [1.82, 2.24) is 0 Å². The molecule has 2 aromatic rings. The van der Waals surface area contributed by atoms with Gasteiger partial charge in [0.1, 0.15) is 0 Å². The van der Waals surface area contributed by atoms with E-state index in [0.717, 1.165) is 16.7 Å². The standard InChI is InChI=1S/C18H14Cl2F2N2O/c19-13-5-12(6-14(20)8-13)11-2-1-10-3-4-17(15(10)7-11)18(21,22)9-25-16(23)24-17/h1-2,5-8H,3-4,9H2,(H2,23,24)/t17-/m1/s1. The summed E-state index contributed by atoms with van der Waals surface area (Å²) in [6, 6.07) is 10.4.